The lowest BCUT2D eigenvalue weighted by Gasteiger charge is -2.23. The number of hydrogen-bond acceptors (Lipinski definition) is 4. The van der Waals surface area contributed by atoms with E-state index in [4.69, 9.17) is 0 Å². The highest BCUT2D eigenvalue weighted by Crippen LogP contribution is 2.18. The maximum atomic E-state index is 13.7. The summed E-state index contributed by atoms with van der Waals surface area (Å²) in [5.41, 5.74) is 0.203. The number of benzene rings is 1. The van der Waals surface area contributed by atoms with Crippen molar-refractivity contribution in [3.63, 3.8) is 0 Å². The number of alkyl halides is 2. The number of hydrogen-bond donors (Lipinski definition) is 3. The maximum Gasteiger partial charge on any atom is 0.387 e. The molecule has 116 valence electrons. The molecule has 0 radical (unpaired) electrons. The van der Waals surface area contributed by atoms with Gasteiger partial charge in [0, 0.05) is 37.8 Å². The second kappa shape index (κ2) is 7.28. The molecule has 0 saturated carbocycles. The summed E-state index contributed by atoms with van der Waals surface area (Å²) in [4.78, 5) is 11.8. The van der Waals surface area contributed by atoms with Gasteiger partial charge in [0.05, 0.1) is 6.04 Å². The summed E-state index contributed by atoms with van der Waals surface area (Å²) in [6.07, 6.45) is 0. The largest absolute Gasteiger partial charge is 0.435 e. The van der Waals surface area contributed by atoms with Crippen molar-refractivity contribution in [1.29, 1.82) is 0 Å². The molecular weight excluding hydrogens is 287 g/mol. The van der Waals surface area contributed by atoms with Crippen LogP contribution >= 0.6 is 0 Å². The molecule has 2 rings (SSSR count). The predicted octanol–water partition coefficient (Wildman–Crippen LogP) is 0.605. The molecule has 0 spiro atoms. The number of ether oxygens (including phenoxy) is 1. The van der Waals surface area contributed by atoms with Crippen molar-refractivity contribution in [3.05, 3.63) is 29.6 Å². The fourth-order valence-corrected chi connectivity index (χ4v) is 1.99. The number of nitrogens with one attached hydrogen (secondary N) is 3. The molecule has 1 aromatic rings. The molecule has 1 unspecified atom stereocenters. The van der Waals surface area contributed by atoms with Crippen LogP contribution in [0.5, 0.6) is 5.75 Å². The van der Waals surface area contributed by atoms with Crippen molar-refractivity contribution in [1.82, 2.24) is 16.0 Å². The number of halogens is 3. The zero-order valence-corrected chi connectivity index (χ0v) is 11.2. The fraction of sp³-hybridized carbons (Fsp3) is 0.462. The first kappa shape index (κ1) is 15.6. The topological polar surface area (TPSA) is 62.4 Å². The molecule has 3 N–H and O–H groups in total. The molecule has 1 saturated heterocycles. The minimum absolute atomic E-state index is 0.0161. The summed E-state index contributed by atoms with van der Waals surface area (Å²) in [5.74, 6) is -1.20. The summed E-state index contributed by atoms with van der Waals surface area (Å²) in [5, 5.41) is 8.69. The first-order valence-corrected chi connectivity index (χ1v) is 6.51. The van der Waals surface area contributed by atoms with Crippen molar-refractivity contribution >= 4 is 5.91 Å². The van der Waals surface area contributed by atoms with E-state index >= 15 is 0 Å². The summed E-state index contributed by atoms with van der Waals surface area (Å²) in [6, 6.07) is 3.05. The molecule has 0 aliphatic carbocycles. The summed E-state index contributed by atoms with van der Waals surface area (Å²) in [6.45, 7) is -1.02. The van der Waals surface area contributed by atoms with Gasteiger partial charge in [-0.05, 0) is 6.07 Å². The predicted molar refractivity (Wildman–Crippen MR) is 69.5 cm³/mol. The van der Waals surface area contributed by atoms with Crippen LogP contribution < -0.4 is 20.7 Å². The average molecular weight is 303 g/mol. The van der Waals surface area contributed by atoms with Gasteiger partial charge in [0.15, 0.2) is 0 Å². The minimum atomic E-state index is -3.00. The monoisotopic (exact) mass is 303 g/mol. The number of carbonyl (C=O) groups is 1. The van der Waals surface area contributed by atoms with Gasteiger partial charge in [-0.3, -0.25) is 4.79 Å². The van der Waals surface area contributed by atoms with E-state index in [0.717, 1.165) is 12.6 Å². The lowest BCUT2D eigenvalue weighted by molar-refractivity contribution is -0.123. The highest BCUT2D eigenvalue weighted by atomic mass is 19.3. The van der Waals surface area contributed by atoms with E-state index in [2.05, 4.69) is 20.7 Å². The minimum Gasteiger partial charge on any atom is -0.435 e. The molecule has 1 amide bonds. The van der Waals surface area contributed by atoms with Crippen LogP contribution in [0.15, 0.2) is 18.2 Å². The number of carbonyl (C=O) groups excluding carboxylic acids is 1. The van der Waals surface area contributed by atoms with E-state index < -0.39 is 12.4 Å². The normalized spacial score (nSPS) is 18.6. The third-order valence-corrected chi connectivity index (χ3v) is 3.06. The molecular formula is C13H16F3N3O2. The molecule has 8 heteroatoms. The van der Waals surface area contributed by atoms with Crippen LogP contribution in [0, 0.1) is 5.82 Å². The van der Waals surface area contributed by atoms with Crippen molar-refractivity contribution in [2.45, 2.75) is 19.2 Å². The second-order valence-electron chi connectivity index (χ2n) is 4.56. The lowest BCUT2D eigenvalue weighted by Crippen LogP contribution is -2.55. The van der Waals surface area contributed by atoms with Crippen molar-refractivity contribution in [2.75, 3.05) is 19.6 Å². The quantitative estimate of drug-likeness (QED) is 0.746. The lowest BCUT2D eigenvalue weighted by atomic mass is 10.2. The van der Waals surface area contributed by atoms with Gasteiger partial charge in [-0.1, -0.05) is 6.07 Å². The molecule has 1 heterocycles. The van der Waals surface area contributed by atoms with Gasteiger partial charge in [-0.2, -0.15) is 8.78 Å². The van der Waals surface area contributed by atoms with Gasteiger partial charge in [-0.15, -0.1) is 0 Å². The molecule has 1 aromatic carbocycles. The molecule has 5 nitrogen and oxygen atoms in total. The van der Waals surface area contributed by atoms with Crippen LogP contribution in [0.25, 0.3) is 0 Å². The second-order valence-corrected chi connectivity index (χ2v) is 4.56. The van der Waals surface area contributed by atoms with E-state index in [9.17, 15) is 18.0 Å². The standard InChI is InChI=1S/C13H16F3N3O2/c14-10-5-9(21-13(15)16)2-1-8(10)6-19-12(20)11-7-17-3-4-18-11/h1-2,5,11,13,17-18H,3-4,6-7H2,(H,19,20). The Morgan fingerprint density at radius 2 is 2.24 bits per heavy atom. The molecule has 1 aliphatic heterocycles. The Labute approximate surface area is 119 Å². The van der Waals surface area contributed by atoms with E-state index in [0.29, 0.717) is 13.1 Å². The zero-order valence-electron chi connectivity index (χ0n) is 11.2. The molecule has 1 fully saturated rings. The van der Waals surface area contributed by atoms with Gasteiger partial charge in [0.25, 0.3) is 0 Å². The van der Waals surface area contributed by atoms with Crippen LogP contribution in [0.2, 0.25) is 0 Å². The Hall–Kier alpha value is -1.80. The third-order valence-electron chi connectivity index (χ3n) is 3.06. The third kappa shape index (κ3) is 4.61. The van der Waals surface area contributed by atoms with Gasteiger partial charge in [-0.25, -0.2) is 4.39 Å². The highest BCUT2D eigenvalue weighted by molar-refractivity contribution is 5.82. The Kier molecular flexibility index (Phi) is 5.40. The molecule has 0 bridgehead atoms. The Bertz CT molecular complexity index is 494. The van der Waals surface area contributed by atoms with E-state index in [-0.39, 0.29) is 29.8 Å². The van der Waals surface area contributed by atoms with Gasteiger partial charge < -0.3 is 20.7 Å². The van der Waals surface area contributed by atoms with Gasteiger partial charge in [0.2, 0.25) is 5.91 Å². The average Bonchev–Trinajstić information content (AvgIpc) is 2.46. The highest BCUT2D eigenvalue weighted by Gasteiger charge is 2.20. The molecule has 1 atom stereocenters. The Balaban J connectivity index is 1.89. The maximum absolute atomic E-state index is 13.7. The van der Waals surface area contributed by atoms with Crippen LogP contribution in [0.4, 0.5) is 13.2 Å². The summed E-state index contributed by atoms with van der Waals surface area (Å²) < 4.78 is 41.8. The van der Waals surface area contributed by atoms with Crippen molar-refractivity contribution in [3.8, 4) is 5.75 Å². The molecule has 21 heavy (non-hydrogen) atoms. The number of amides is 1. The first-order chi connectivity index (χ1) is 10.1. The number of piperazine rings is 1. The first-order valence-electron chi connectivity index (χ1n) is 6.51. The Morgan fingerprint density at radius 1 is 1.43 bits per heavy atom. The van der Waals surface area contributed by atoms with Gasteiger partial charge >= 0.3 is 6.61 Å². The molecule has 1 aliphatic rings. The van der Waals surface area contributed by atoms with Crippen molar-refractivity contribution in [2.24, 2.45) is 0 Å². The summed E-state index contributed by atoms with van der Waals surface area (Å²) >= 11 is 0. The van der Waals surface area contributed by atoms with Crippen LogP contribution in [0.1, 0.15) is 5.56 Å². The van der Waals surface area contributed by atoms with Crippen LogP contribution in [0.3, 0.4) is 0 Å². The fourth-order valence-electron chi connectivity index (χ4n) is 1.99. The SMILES string of the molecule is O=C(NCc1ccc(OC(F)F)cc1F)C1CNCCN1. The molecule has 0 aromatic heterocycles. The van der Waals surface area contributed by atoms with Crippen LogP contribution in [-0.2, 0) is 11.3 Å². The van der Waals surface area contributed by atoms with E-state index in [1.807, 2.05) is 0 Å². The summed E-state index contributed by atoms with van der Waals surface area (Å²) in [7, 11) is 0. The van der Waals surface area contributed by atoms with Gasteiger partial charge in [0.1, 0.15) is 11.6 Å². The van der Waals surface area contributed by atoms with Crippen LogP contribution in [-0.4, -0.2) is 38.2 Å². The van der Waals surface area contributed by atoms with E-state index in [1.54, 1.807) is 0 Å². The zero-order chi connectivity index (χ0) is 15.2. The smallest absolute Gasteiger partial charge is 0.387 e. The number of rotatable bonds is 5. The van der Waals surface area contributed by atoms with Crippen molar-refractivity contribution < 1.29 is 22.7 Å². The van der Waals surface area contributed by atoms with E-state index in [1.165, 1.54) is 12.1 Å². The Morgan fingerprint density at radius 3 is 2.86 bits per heavy atom.